The first-order chi connectivity index (χ1) is 8.87. The average molecular weight is 276 g/mol. The summed E-state index contributed by atoms with van der Waals surface area (Å²) in [6, 6.07) is 2.11. The van der Waals surface area contributed by atoms with Gasteiger partial charge in [0.25, 0.3) is 0 Å². The Hall–Kier alpha value is -2.09. The molecule has 8 heteroatoms. The number of benzene rings is 1. The molecule has 1 heterocycles. The molecule has 4 nitrogen and oxygen atoms in total. The van der Waals surface area contributed by atoms with E-state index in [-0.39, 0.29) is 11.3 Å². The Labute approximate surface area is 104 Å². The molecule has 0 aliphatic heterocycles. The van der Waals surface area contributed by atoms with Gasteiger partial charge in [0.1, 0.15) is 5.76 Å². The summed E-state index contributed by atoms with van der Waals surface area (Å²) in [6.07, 6.45) is -2.47. The highest BCUT2D eigenvalue weighted by atomic mass is 19.4. The van der Waals surface area contributed by atoms with Crippen LogP contribution in [0.5, 0.6) is 5.75 Å². The summed E-state index contributed by atoms with van der Waals surface area (Å²) in [6.45, 7) is 0. The van der Waals surface area contributed by atoms with E-state index in [1.54, 1.807) is 0 Å². The van der Waals surface area contributed by atoms with E-state index in [1.807, 2.05) is 0 Å². The molecule has 2 aromatic rings. The van der Waals surface area contributed by atoms with Crippen LogP contribution in [0.1, 0.15) is 17.4 Å². The molecule has 1 aromatic carbocycles. The van der Waals surface area contributed by atoms with E-state index >= 15 is 0 Å². The molecule has 0 aliphatic rings. The number of hydrogen-bond donors (Lipinski definition) is 1. The highest BCUT2D eigenvalue weighted by Gasteiger charge is 2.32. The molecule has 2 rings (SSSR count). The van der Waals surface area contributed by atoms with E-state index in [0.717, 1.165) is 18.5 Å². The van der Waals surface area contributed by atoms with Crippen molar-refractivity contribution in [1.29, 1.82) is 0 Å². The Morgan fingerprint density at radius 3 is 2.58 bits per heavy atom. The molecule has 102 valence electrons. The van der Waals surface area contributed by atoms with Gasteiger partial charge in [-0.1, -0.05) is 6.07 Å². The topological polar surface area (TPSA) is 61.3 Å². The fourth-order valence-corrected chi connectivity index (χ4v) is 1.46. The third-order valence-corrected chi connectivity index (χ3v) is 2.30. The molecule has 0 bridgehead atoms. The second-order valence-electron chi connectivity index (χ2n) is 3.62. The first kappa shape index (κ1) is 13.3. The van der Waals surface area contributed by atoms with Crippen molar-refractivity contribution in [3.05, 3.63) is 47.9 Å². The average Bonchev–Trinajstić information content (AvgIpc) is 2.82. The van der Waals surface area contributed by atoms with Gasteiger partial charge in [-0.25, -0.2) is 9.37 Å². The van der Waals surface area contributed by atoms with Crippen LogP contribution in [-0.4, -0.2) is 11.3 Å². The molecular weight excluding hydrogens is 268 g/mol. The van der Waals surface area contributed by atoms with Crippen molar-refractivity contribution >= 4 is 0 Å². The van der Waals surface area contributed by atoms with Gasteiger partial charge < -0.3 is 14.9 Å². The quantitative estimate of drug-likeness (QED) is 0.876. The smallest absolute Gasteiger partial charge is 0.446 e. The van der Waals surface area contributed by atoms with Crippen molar-refractivity contribution in [2.45, 2.75) is 12.4 Å². The van der Waals surface area contributed by atoms with Crippen LogP contribution in [0.15, 0.2) is 35.2 Å². The number of ether oxygens (including phenoxy) is 1. The van der Waals surface area contributed by atoms with Gasteiger partial charge in [0.2, 0.25) is 0 Å². The Kier molecular flexibility index (Phi) is 3.43. The molecular formula is C11H8F4N2O2. The number of hydrogen-bond acceptors (Lipinski definition) is 4. The molecule has 0 aliphatic carbocycles. The summed E-state index contributed by atoms with van der Waals surface area (Å²) in [7, 11) is 0. The maximum absolute atomic E-state index is 13.5. The number of nitrogens with two attached hydrogens (primary N) is 1. The lowest BCUT2D eigenvalue weighted by Gasteiger charge is -2.12. The maximum Gasteiger partial charge on any atom is 0.573 e. The van der Waals surface area contributed by atoms with Crippen molar-refractivity contribution in [3.8, 4) is 5.75 Å². The zero-order valence-corrected chi connectivity index (χ0v) is 9.32. The molecule has 1 aromatic heterocycles. The predicted octanol–water partition coefficient (Wildman–Crippen LogP) is 2.76. The highest BCUT2D eigenvalue weighted by molar-refractivity contribution is 5.33. The molecule has 0 fully saturated rings. The second kappa shape index (κ2) is 4.88. The number of alkyl halides is 3. The van der Waals surface area contributed by atoms with Crippen molar-refractivity contribution in [1.82, 2.24) is 4.98 Å². The SMILES string of the molecule is NC(c1ccc(OC(F)(F)F)c(F)c1)c1cnco1. The Morgan fingerprint density at radius 2 is 2.05 bits per heavy atom. The zero-order chi connectivity index (χ0) is 14.0. The van der Waals surface area contributed by atoms with E-state index in [0.29, 0.717) is 0 Å². The normalized spacial score (nSPS) is 13.3. The van der Waals surface area contributed by atoms with Crippen LogP contribution in [0.3, 0.4) is 0 Å². The van der Waals surface area contributed by atoms with Crippen molar-refractivity contribution in [2.24, 2.45) is 5.73 Å². The van der Waals surface area contributed by atoms with Crippen LogP contribution in [0.2, 0.25) is 0 Å². The first-order valence-electron chi connectivity index (χ1n) is 5.06. The Bertz CT molecular complexity index is 554. The summed E-state index contributed by atoms with van der Waals surface area (Å²) < 4.78 is 57.8. The molecule has 0 saturated heterocycles. The van der Waals surface area contributed by atoms with Gasteiger partial charge in [0, 0.05) is 0 Å². The molecule has 0 saturated carbocycles. The lowest BCUT2D eigenvalue weighted by atomic mass is 10.1. The number of rotatable bonds is 3. The van der Waals surface area contributed by atoms with Gasteiger partial charge in [0.15, 0.2) is 18.0 Å². The molecule has 1 unspecified atom stereocenters. The van der Waals surface area contributed by atoms with Crippen LogP contribution in [-0.2, 0) is 0 Å². The van der Waals surface area contributed by atoms with Crippen molar-refractivity contribution in [2.75, 3.05) is 0 Å². The van der Waals surface area contributed by atoms with Crippen LogP contribution in [0.4, 0.5) is 17.6 Å². The summed E-state index contributed by atoms with van der Waals surface area (Å²) in [5, 5.41) is 0. The van der Waals surface area contributed by atoms with Crippen LogP contribution < -0.4 is 10.5 Å². The Balaban J connectivity index is 2.24. The number of aromatic nitrogens is 1. The predicted molar refractivity (Wildman–Crippen MR) is 55.6 cm³/mol. The van der Waals surface area contributed by atoms with Crippen molar-refractivity contribution in [3.63, 3.8) is 0 Å². The monoisotopic (exact) mass is 276 g/mol. The van der Waals surface area contributed by atoms with Crippen LogP contribution in [0.25, 0.3) is 0 Å². The first-order valence-corrected chi connectivity index (χ1v) is 5.06. The fourth-order valence-electron chi connectivity index (χ4n) is 1.46. The lowest BCUT2D eigenvalue weighted by molar-refractivity contribution is -0.275. The molecule has 0 spiro atoms. The largest absolute Gasteiger partial charge is 0.573 e. The van der Waals surface area contributed by atoms with E-state index in [4.69, 9.17) is 10.2 Å². The molecule has 19 heavy (non-hydrogen) atoms. The lowest BCUT2D eigenvalue weighted by Crippen LogP contribution is -2.18. The van der Waals surface area contributed by atoms with Gasteiger partial charge >= 0.3 is 6.36 Å². The molecule has 1 atom stereocenters. The third-order valence-electron chi connectivity index (χ3n) is 2.30. The summed E-state index contributed by atoms with van der Waals surface area (Å²) in [5.41, 5.74) is 5.98. The van der Waals surface area contributed by atoms with Crippen LogP contribution in [0, 0.1) is 5.82 Å². The summed E-state index contributed by atoms with van der Waals surface area (Å²) in [4.78, 5) is 3.64. The number of halogens is 4. The minimum Gasteiger partial charge on any atom is -0.446 e. The highest BCUT2D eigenvalue weighted by Crippen LogP contribution is 2.28. The van der Waals surface area contributed by atoms with Crippen molar-refractivity contribution < 1.29 is 26.7 Å². The minimum atomic E-state index is -4.95. The van der Waals surface area contributed by atoms with E-state index in [1.165, 1.54) is 12.3 Å². The summed E-state index contributed by atoms with van der Waals surface area (Å²) in [5.74, 6) is -1.81. The minimum absolute atomic E-state index is 0.240. The number of oxazole rings is 1. The molecule has 0 amide bonds. The zero-order valence-electron chi connectivity index (χ0n) is 9.32. The maximum atomic E-state index is 13.5. The Morgan fingerprint density at radius 1 is 1.32 bits per heavy atom. The van der Waals surface area contributed by atoms with Gasteiger partial charge in [-0.15, -0.1) is 13.2 Å². The van der Waals surface area contributed by atoms with E-state index < -0.39 is 24.0 Å². The molecule has 2 N–H and O–H groups in total. The van der Waals surface area contributed by atoms with E-state index in [2.05, 4.69) is 9.72 Å². The molecule has 0 radical (unpaired) electrons. The van der Waals surface area contributed by atoms with Gasteiger partial charge in [-0.2, -0.15) is 0 Å². The summed E-state index contributed by atoms with van der Waals surface area (Å²) >= 11 is 0. The van der Waals surface area contributed by atoms with Crippen LogP contribution >= 0.6 is 0 Å². The third kappa shape index (κ3) is 3.22. The van der Waals surface area contributed by atoms with Gasteiger partial charge in [0.05, 0.1) is 12.2 Å². The second-order valence-corrected chi connectivity index (χ2v) is 3.62. The van der Waals surface area contributed by atoms with E-state index in [9.17, 15) is 17.6 Å². The standard InChI is InChI=1S/C11H8F4N2O2/c12-7-3-6(10(16)9-4-17-5-18-9)1-2-8(7)19-11(13,14)15/h1-5,10H,16H2. The fraction of sp³-hybridized carbons (Fsp3) is 0.182. The van der Waals surface area contributed by atoms with Gasteiger partial charge in [-0.3, -0.25) is 0 Å². The van der Waals surface area contributed by atoms with Gasteiger partial charge in [-0.05, 0) is 17.7 Å². The number of nitrogens with zero attached hydrogens (tertiary/aromatic N) is 1.